The monoisotopic (exact) mass is 293 g/mol. The van der Waals surface area contributed by atoms with Gasteiger partial charge in [0.1, 0.15) is 0 Å². The van der Waals surface area contributed by atoms with Crippen molar-refractivity contribution in [2.75, 3.05) is 11.3 Å². The van der Waals surface area contributed by atoms with Gasteiger partial charge in [-0.05, 0) is 25.0 Å². The van der Waals surface area contributed by atoms with Gasteiger partial charge in [0.25, 0.3) is 0 Å². The van der Waals surface area contributed by atoms with Gasteiger partial charge in [0.2, 0.25) is 10.0 Å². The van der Waals surface area contributed by atoms with Crippen LogP contribution in [0, 0.1) is 11.8 Å². The fourth-order valence-corrected chi connectivity index (χ4v) is 3.94. The van der Waals surface area contributed by atoms with Crippen LogP contribution in [0.4, 0.5) is 5.69 Å². The van der Waals surface area contributed by atoms with Crippen molar-refractivity contribution in [1.82, 2.24) is 0 Å². The molecule has 1 aromatic carbocycles. The van der Waals surface area contributed by atoms with Gasteiger partial charge in [-0.15, -0.1) is 0 Å². The smallest absolute Gasteiger partial charge is 0.235 e. The zero-order valence-electron chi connectivity index (χ0n) is 11.3. The highest BCUT2D eigenvalue weighted by atomic mass is 32.2. The Morgan fingerprint density at radius 2 is 1.95 bits per heavy atom. The van der Waals surface area contributed by atoms with Gasteiger partial charge >= 0.3 is 0 Å². The summed E-state index contributed by atoms with van der Waals surface area (Å²) in [6, 6.07) is 7.09. The maximum absolute atomic E-state index is 12.3. The second-order valence-electron chi connectivity index (χ2n) is 4.87. The molecule has 0 spiro atoms. The molecule has 1 fully saturated rings. The van der Waals surface area contributed by atoms with E-state index < -0.39 is 10.0 Å². The first kappa shape index (κ1) is 14.9. The van der Waals surface area contributed by atoms with Crippen LogP contribution in [0.15, 0.2) is 24.3 Å². The van der Waals surface area contributed by atoms with E-state index in [1.807, 2.05) is 6.07 Å². The van der Waals surface area contributed by atoms with E-state index in [2.05, 4.69) is 16.6 Å². The Labute approximate surface area is 120 Å². The highest BCUT2D eigenvalue weighted by Crippen LogP contribution is 2.27. The lowest BCUT2D eigenvalue weighted by Crippen LogP contribution is -2.25. The molecule has 0 unspecified atom stereocenters. The van der Waals surface area contributed by atoms with E-state index in [0.29, 0.717) is 17.7 Å². The van der Waals surface area contributed by atoms with Crippen molar-refractivity contribution in [2.24, 2.45) is 0 Å². The third-order valence-electron chi connectivity index (χ3n) is 3.38. The molecule has 0 aliphatic heterocycles. The van der Waals surface area contributed by atoms with Crippen LogP contribution in [-0.4, -0.2) is 25.4 Å². The summed E-state index contributed by atoms with van der Waals surface area (Å²) in [6.45, 7) is 0.00294. The predicted molar refractivity (Wildman–Crippen MR) is 79.8 cm³/mol. The normalized spacial score (nSPS) is 15.7. The van der Waals surface area contributed by atoms with Crippen LogP contribution in [0.5, 0.6) is 0 Å². The average Bonchev–Trinajstić information content (AvgIpc) is 2.95. The summed E-state index contributed by atoms with van der Waals surface area (Å²) in [5, 5.41) is 8.44. The van der Waals surface area contributed by atoms with E-state index in [-0.39, 0.29) is 11.9 Å². The van der Waals surface area contributed by atoms with Gasteiger partial charge in [0.15, 0.2) is 0 Å². The molecule has 1 aliphatic carbocycles. The summed E-state index contributed by atoms with van der Waals surface area (Å²) in [5.41, 5.74) is 1.16. The minimum absolute atomic E-state index is 0.00294. The number of para-hydroxylation sites is 1. The molecule has 5 heteroatoms. The lowest BCUT2D eigenvalue weighted by molar-refractivity contribution is 0.305. The largest absolute Gasteiger partial charge is 0.395 e. The van der Waals surface area contributed by atoms with Crippen molar-refractivity contribution in [1.29, 1.82) is 0 Å². The van der Waals surface area contributed by atoms with Crippen LogP contribution >= 0.6 is 0 Å². The Balaban J connectivity index is 2.19. The van der Waals surface area contributed by atoms with E-state index in [4.69, 9.17) is 5.11 Å². The molecule has 4 nitrogen and oxygen atoms in total. The lowest BCUT2D eigenvalue weighted by Gasteiger charge is -2.14. The van der Waals surface area contributed by atoms with E-state index in [0.717, 1.165) is 25.7 Å². The molecule has 1 aromatic rings. The van der Waals surface area contributed by atoms with Gasteiger partial charge in [-0.3, -0.25) is 4.72 Å². The number of benzene rings is 1. The maximum atomic E-state index is 12.3. The number of anilines is 1. The van der Waals surface area contributed by atoms with Crippen molar-refractivity contribution in [3.8, 4) is 11.8 Å². The first-order valence-electron chi connectivity index (χ1n) is 6.84. The number of rotatable bonds is 4. The van der Waals surface area contributed by atoms with Crippen LogP contribution in [-0.2, 0) is 10.0 Å². The second-order valence-corrected chi connectivity index (χ2v) is 6.84. The third-order valence-corrected chi connectivity index (χ3v) is 5.23. The van der Waals surface area contributed by atoms with Crippen LogP contribution in [0.25, 0.3) is 0 Å². The van der Waals surface area contributed by atoms with Crippen molar-refractivity contribution >= 4 is 15.7 Å². The fraction of sp³-hybridized carbons (Fsp3) is 0.467. The predicted octanol–water partition coefficient (Wildman–Crippen LogP) is 2.10. The summed E-state index contributed by atoms with van der Waals surface area (Å²) < 4.78 is 27.2. The molecule has 0 bridgehead atoms. The molecule has 20 heavy (non-hydrogen) atoms. The van der Waals surface area contributed by atoms with Crippen LogP contribution in [0.3, 0.4) is 0 Å². The summed E-state index contributed by atoms with van der Waals surface area (Å²) >= 11 is 0. The van der Waals surface area contributed by atoms with Crippen LogP contribution in [0.2, 0.25) is 0 Å². The van der Waals surface area contributed by atoms with Crippen molar-refractivity contribution in [2.45, 2.75) is 37.4 Å². The van der Waals surface area contributed by atoms with Crippen LogP contribution < -0.4 is 4.72 Å². The Hall–Kier alpha value is -1.51. The van der Waals surface area contributed by atoms with Gasteiger partial charge in [-0.2, -0.15) is 0 Å². The van der Waals surface area contributed by atoms with E-state index in [9.17, 15) is 8.42 Å². The van der Waals surface area contributed by atoms with E-state index in [1.165, 1.54) is 0 Å². The molecule has 2 N–H and O–H groups in total. The zero-order valence-corrected chi connectivity index (χ0v) is 12.1. The standard InChI is InChI=1S/C15H19NO3S/c17-12-6-5-8-13-7-1-4-11-15(13)16-20(18,19)14-9-2-3-10-14/h1,4,7,11,14,16-17H,2-3,6,9-10,12H2. The SMILES string of the molecule is O=S(=O)(Nc1ccccc1C#CCCO)C1CCCC1. The Kier molecular flexibility index (Phi) is 5.05. The Morgan fingerprint density at radius 3 is 2.65 bits per heavy atom. The average molecular weight is 293 g/mol. The molecule has 2 rings (SSSR count). The molecule has 0 aromatic heterocycles. The molecular formula is C15H19NO3S. The molecule has 1 saturated carbocycles. The highest BCUT2D eigenvalue weighted by molar-refractivity contribution is 7.93. The van der Waals surface area contributed by atoms with Gasteiger partial charge in [0.05, 0.1) is 17.5 Å². The van der Waals surface area contributed by atoms with Gasteiger partial charge in [-0.1, -0.05) is 36.8 Å². The van der Waals surface area contributed by atoms with Crippen molar-refractivity contribution in [3.05, 3.63) is 29.8 Å². The minimum atomic E-state index is -3.33. The zero-order chi connectivity index (χ0) is 14.4. The number of hydrogen-bond donors (Lipinski definition) is 2. The number of sulfonamides is 1. The first-order chi connectivity index (χ1) is 9.63. The highest BCUT2D eigenvalue weighted by Gasteiger charge is 2.28. The number of hydrogen-bond acceptors (Lipinski definition) is 3. The number of aliphatic hydroxyl groups is 1. The van der Waals surface area contributed by atoms with E-state index >= 15 is 0 Å². The topological polar surface area (TPSA) is 66.4 Å². The number of nitrogens with one attached hydrogen (secondary N) is 1. The van der Waals surface area contributed by atoms with Crippen LogP contribution in [0.1, 0.15) is 37.7 Å². The van der Waals surface area contributed by atoms with E-state index in [1.54, 1.807) is 18.2 Å². The van der Waals surface area contributed by atoms with Gasteiger partial charge < -0.3 is 5.11 Å². The second kappa shape index (κ2) is 6.78. The maximum Gasteiger partial charge on any atom is 0.235 e. The molecule has 108 valence electrons. The lowest BCUT2D eigenvalue weighted by atomic mass is 10.2. The fourth-order valence-electron chi connectivity index (χ4n) is 2.33. The number of aliphatic hydroxyl groups excluding tert-OH is 1. The van der Waals surface area contributed by atoms with Crippen molar-refractivity contribution in [3.63, 3.8) is 0 Å². The molecule has 1 aliphatic rings. The quantitative estimate of drug-likeness (QED) is 0.836. The summed E-state index contributed by atoms with van der Waals surface area (Å²) in [4.78, 5) is 0. The summed E-state index contributed by atoms with van der Waals surface area (Å²) in [5.74, 6) is 5.70. The third kappa shape index (κ3) is 3.75. The molecule has 0 amide bonds. The Bertz CT molecular complexity index is 607. The molecule has 0 heterocycles. The van der Waals surface area contributed by atoms with Crippen molar-refractivity contribution < 1.29 is 13.5 Å². The molecule has 0 atom stereocenters. The molecular weight excluding hydrogens is 274 g/mol. The van der Waals surface area contributed by atoms with Gasteiger partial charge in [-0.25, -0.2) is 8.42 Å². The first-order valence-corrected chi connectivity index (χ1v) is 8.38. The summed E-state index contributed by atoms with van der Waals surface area (Å²) in [6.07, 6.45) is 3.79. The molecule has 0 radical (unpaired) electrons. The van der Waals surface area contributed by atoms with Gasteiger partial charge in [0, 0.05) is 12.0 Å². The Morgan fingerprint density at radius 1 is 1.25 bits per heavy atom. The molecule has 0 saturated heterocycles. The minimum Gasteiger partial charge on any atom is -0.395 e. The summed E-state index contributed by atoms with van der Waals surface area (Å²) in [7, 11) is -3.33.